The Morgan fingerprint density at radius 3 is 2.70 bits per heavy atom. The van der Waals surface area contributed by atoms with E-state index in [1.54, 1.807) is 6.26 Å². The monoisotopic (exact) mass is 287 g/mol. The lowest BCUT2D eigenvalue weighted by molar-refractivity contribution is 0.408. The molecule has 1 aliphatic rings. The highest BCUT2D eigenvalue weighted by Crippen LogP contribution is 2.32. The Bertz CT molecular complexity index is 511. The summed E-state index contributed by atoms with van der Waals surface area (Å²) < 4.78 is 5.66. The molecule has 1 N–H and O–H groups in total. The van der Waals surface area contributed by atoms with E-state index in [1.807, 2.05) is 17.8 Å². The van der Waals surface area contributed by atoms with E-state index in [2.05, 4.69) is 48.0 Å². The summed E-state index contributed by atoms with van der Waals surface area (Å²) in [7, 11) is 0. The number of hydrogen-bond acceptors (Lipinski definition) is 3. The largest absolute Gasteiger partial charge is 0.467 e. The second kappa shape index (κ2) is 6.51. The molecule has 3 heteroatoms. The standard InChI is InChI=1S/C17H21NOS/c1-20-16-11-5-9-14(16)18-17(15-10-6-12-19-15)13-7-3-2-4-8-13/h2-4,6-8,10,12,14,16-18H,5,9,11H2,1H3. The van der Waals surface area contributed by atoms with Crippen molar-refractivity contribution < 1.29 is 4.42 Å². The lowest BCUT2D eigenvalue weighted by Crippen LogP contribution is -2.37. The normalized spacial score (nSPS) is 23.9. The number of benzene rings is 1. The summed E-state index contributed by atoms with van der Waals surface area (Å²) >= 11 is 1.98. The maximum Gasteiger partial charge on any atom is 0.125 e. The molecule has 3 atom stereocenters. The molecule has 0 saturated heterocycles. The minimum Gasteiger partial charge on any atom is -0.467 e. The van der Waals surface area contributed by atoms with Gasteiger partial charge in [0.05, 0.1) is 12.3 Å². The summed E-state index contributed by atoms with van der Waals surface area (Å²) in [5, 5.41) is 4.54. The first-order chi connectivity index (χ1) is 9.88. The Kier molecular flexibility index (Phi) is 4.48. The van der Waals surface area contributed by atoms with Gasteiger partial charge in [-0.05, 0) is 36.8 Å². The van der Waals surface area contributed by atoms with Crippen LogP contribution in [0.3, 0.4) is 0 Å². The zero-order chi connectivity index (χ0) is 13.8. The van der Waals surface area contributed by atoms with Gasteiger partial charge in [0.25, 0.3) is 0 Å². The summed E-state index contributed by atoms with van der Waals surface area (Å²) in [6.07, 6.45) is 7.87. The summed E-state index contributed by atoms with van der Waals surface area (Å²) in [5.41, 5.74) is 1.27. The van der Waals surface area contributed by atoms with Crippen LogP contribution in [0.25, 0.3) is 0 Å². The molecule has 1 saturated carbocycles. The van der Waals surface area contributed by atoms with Gasteiger partial charge in [-0.15, -0.1) is 0 Å². The van der Waals surface area contributed by atoms with Gasteiger partial charge in [-0.1, -0.05) is 36.8 Å². The van der Waals surface area contributed by atoms with E-state index in [4.69, 9.17) is 4.42 Å². The molecule has 1 aromatic carbocycles. The lowest BCUT2D eigenvalue weighted by atomic mass is 10.0. The van der Waals surface area contributed by atoms with Crippen LogP contribution in [-0.2, 0) is 0 Å². The highest BCUT2D eigenvalue weighted by Gasteiger charge is 2.30. The fourth-order valence-corrected chi connectivity index (χ4v) is 4.00. The molecule has 2 aromatic rings. The molecule has 1 heterocycles. The molecule has 106 valence electrons. The first-order valence-corrected chi connectivity index (χ1v) is 8.54. The molecule has 1 fully saturated rings. The van der Waals surface area contributed by atoms with E-state index in [0.29, 0.717) is 6.04 Å². The molecule has 0 spiro atoms. The summed E-state index contributed by atoms with van der Waals surface area (Å²) in [6.45, 7) is 0. The molecule has 3 rings (SSSR count). The maximum atomic E-state index is 5.66. The van der Waals surface area contributed by atoms with E-state index in [9.17, 15) is 0 Å². The van der Waals surface area contributed by atoms with Crippen LogP contribution in [0.15, 0.2) is 53.1 Å². The predicted octanol–water partition coefficient (Wildman–Crippen LogP) is 4.24. The second-order valence-electron chi connectivity index (χ2n) is 5.34. The van der Waals surface area contributed by atoms with Crippen LogP contribution < -0.4 is 5.32 Å². The van der Waals surface area contributed by atoms with E-state index in [0.717, 1.165) is 11.0 Å². The van der Waals surface area contributed by atoms with Crippen molar-refractivity contribution >= 4 is 11.8 Å². The summed E-state index contributed by atoms with van der Waals surface area (Å²) in [4.78, 5) is 0. The SMILES string of the molecule is CSC1CCCC1NC(c1ccccc1)c1ccco1. The molecular formula is C17H21NOS. The van der Waals surface area contributed by atoms with Gasteiger partial charge in [0.15, 0.2) is 0 Å². The van der Waals surface area contributed by atoms with E-state index >= 15 is 0 Å². The summed E-state index contributed by atoms with van der Waals surface area (Å²) in [6, 6.07) is 15.3. The molecule has 0 amide bonds. The molecule has 0 bridgehead atoms. The minimum absolute atomic E-state index is 0.156. The Hall–Kier alpha value is -1.19. The van der Waals surface area contributed by atoms with Crippen molar-refractivity contribution in [2.75, 3.05) is 6.26 Å². The highest BCUT2D eigenvalue weighted by molar-refractivity contribution is 7.99. The molecular weight excluding hydrogens is 266 g/mol. The molecule has 0 aliphatic heterocycles. The minimum atomic E-state index is 0.156. The van der Waals surface area contributed by atoms with Gasteiger partial charge in [0, 0.05) is 11.3 Å². The number of furan rings is 1. The van der Waals surface area contributed by atoms with Crippen molar-refractivity contribution in [3.63, 3.8) is 0 Å². The Morgan fingerprint density at radius 1 is 1.15 bits per heavy atom. The van der Waals surface area contributed by atoms with Crippen molar-refractivity contribution in [2.45, 2.75) is 36.6 Å². The van der Waals surface area contributed by atoms with E-state index in [1.165, 1.54) is 24.8 Å². The third kappa shape index (κ3) is 2.94. The topological polar surface area (TPSA) is 25.2 Å². The van der Waals surface area contributed by atoms with E-state index < -0.39 is 0 Å². The molecule has 2 nitrogen and oxygen atoms in total. The first-order valence-electron chi connectivity index (χ1n) is 7.25. The van der Waals surface area contributed by atoms with Gasteiger partial charge in [-0.3, -0.25) is 5.32 Å². The molecule has 20 heavy (non-hydrogen) atoms. The van der Waals surface area contributed by atoms with Crippen molar-refractivity contribution in [2.24, 2.45) is 0 Å². The Labute approximate surface area is 125 Å². The van der Waals surface area contributed by atoms with Crippen LogP contribution in [0, 0.1) is 0 Å². The Morgan fingerprint density at radius 2 is 2.00 bits per heavy atom. The van der Waals surface area contributed by atoms with Crippen LogP contribution in [-0.4, -0.2) is 17.5 Å². The second-order valence-corrected chi connectivity index (χ2v) is 6.41. The zero-order valence-electron chi connectivity index (χ0n) is 11.8. The molecule has 0 radical (unpaired) electrons. The lowest BCUT2D eigenvalue weighted by Gasteiger charge is -2.25. The number of rotatable bonds is 5. The van der Waals surface area contributed by atoms with Crippen molar-refractivity contribution in [3.8, 4) is 0 Å². The van der Waals surface area contributed by atoms with Crippen molar-refractivity contribution in [3.05, 3.63) is 60.1 Å². The van der Waals surface area contributed by atoms with Gasteiger partial charge in [-0.2, -0.15) is 11.8 Å². The van der Waals surface area contributed by atoms with E-state index in [-0.39, 0.29) is 6.04 Å². The third-order valence-corrected chi connectivity index (χ3v) is 5.27. The quantitative estimate of drug-likeness (QED) is 0.890. The van der Waals surface area contributed by atoms with Gasteiger partial charge in [0.2, 0.25) is 0 Å². The van der Waals surface area contributed by atoms with Gasteiger partial charge in [0.1, 0.15) is 5.76 Å². The fourth-order valence-electron chi connectivity index (χ4n) is 3.06. The zero-order valence-corrected chi connectivity index (χ0v) is 12.6. The van der Waals surface area contributed by atoms with Gasteiger partial charge in [-0.25, -0.2) is 0 Å². The number of thioether (sulfide) groups is 1. The molecule has 3 unspecified atom stereocenters. The van der Waals surface area contributed by atoms with Crippen LogP contribution >= 0.6 is 11.8 Å². The molecule has 1 aromatic heterocycles. The van der Waals surface area contributed by atoms with Crippen LogP contribution in [0.2, 0.25) is 0 Å². The van der Waals surface area contributed by atoms with Crippen molar-refractivity contribution in [1.82, 2.24) is 5.32 Å². The summed E-state index contributed by atoms with van der Waals surface area (Å²) in [5.74, 6) is 1.00. The van der Waals surface area contributed by atoms with Crippen LogP contribution in [0.1, 0.15) is 36.6 Å². The molecule has 1 aliphatic carbocycles. The highest BCUT2D eigenvalue weighted by atomic mass is 32.2. The third-order valence-electron chi connectivity index (χ3n) is 4.10. The van der Waals surface area contributed by atoms with Gasteiger partial charge >= 0.3 is 0 Å². The van der Waals surface area contributed by atoms with Crippen molar-refractivity contribution in [1.29, 1.82) is 0 Å². The maximum absolute atomic E-state index is 5.66. The fraction of sp³-hybridized carbons (Fsp3) is 0.412. The number of nitrogens with one attached hydrogen (secondary N) is 1. The van der Waals surface area contributed by atoms with Crippen LogP contribution in [0.4, 0.5) is 0 Å². The predicted molar refractivity (Wildman–Crippen MR) is 85.1 cm³/mol. The number of hydrogen-bond donors (Lipinski definition) is 1. The van der Waals surface area contributed by atoms with Gasteiger partial charge < -0.3 is 4.42 Å². The van der Waals surface area contributed by atoms with Crippen LogP contribution in [0.5, 0.6) is 0 Å². The first kappa shape index (κ1) is 13.8. The Balaban J connectivity index is 1.83. The average Bonchev–Trinajstić information content (AvgIpc) is 3.16. The average molecular weight is 287 g/mol. The smallest absolute Gasteiger partial charge is 0.125 e.